The highest BCUT2D eigenvalue weighted by Gasteiger charge is 2.07. The predicted molar refractivity (Wildman–Crippen MR) is 74.6 cm³/mol. The number of fused-ring (bicyclic) bond motifs is 1. The van der Waals surface area contributed by atoms with E-state index in [0.717, 1.165) is 22.4 Å². The van der Waals surface area contributed by atoms with Crippen LogP contribution in [0.25, 0.3) is 4.96 Å². The van der Waals surface area contributed by atoms with Crippen LogP contribution in [0.1, 0.15) is 12.6 Å². The van der Waals surface area contributed by atoms with Crippen LogP contribution in [0.5, 0.6) is 0 Å². The van der Waals surface area contributed by atoms with Crippen LogP contribution in [0.4, 0.5) is 0 Å². The molecule has 0 bridgehead atoms. The molecule has 0 fully saturated rings. The summed E-state index contributed by atoms with van der Waals surface area (Å²) >= 11 is 2.99. The van der Waals surface area contributed by atoms with E-state index in [-0.39, 0.29) is 5.56 Å². The van der Waals surface area contributed by atoms with Gasteiger partial charge in [-0.1, -0.05) is 11.8 Å². The summed E-state index contributed by atoms with van der Waals surface area (Å²) in [5.41, 5.74) is 0.724. The number of rotatable bonds is 4. The highest BCUT2D eigenvalue weighted by atomic mass is 32.2. The molecule has 0 aliphatic heterocycles. The maximum Gasteiger partial charge on any atom is 0.258 e. The Labute approximate surface area is 117 Å². The maximum absolute atomic E-state index is 11.8. The van der Waals surface area contributed by atoms with Gasteiger partial charge < -0.3 is 4.57 Å². The van der Waals surface area contributed by atoms with Crippen molar-refractivity contribution in [1.82, 2.24) is 24.1 Å². The summed E-state index contributed by atoms with van der Waals surface area (Å²) in [5.74, 6) is 0.613. The van der Waals surface area contributed by atoms with Crippen molar-refractivity contribution < 1.29 is 0 Å². The van der Waals surface area contributed by atoms with Gasteiger partial charge in [0.2, 0.25) is 0 Å². The molecule has 3 aromatic heterocycles. The van der Waals surface area contributed by atoms with Crippen LogP contribution < -0.4 is 5.56 Å². The van der Waals surface area contributed by atoms with Crippen molar-refractivity contribution in [1.29, 1.82) is 0 Å². The highest BCUT2D eigenvalue weighted by molar-refractivity contribution is 7.98. The number of hydrogen-bond acceptors (Lipinski definition) is 6. The molecule has 19 heavy (non-hydrogen) atoms. The lowest BCUT2D eigenvalue weighted by Crippen LogP contribution is -2.12. The summed E-state index contributed by atoms with van der Waals surface area (Å²) in [6, 6.07) is 1.57. The molecule has 0 N–H and O–H groups in total. The van der Waals surface area contributed by atoms with Crippen LogP contribution in [0.2, 0.25) is 0 Å². The summed E-state index contributed by atoms with van der Waals surface area (Å²) in [6.07, 6.45) is 3.44. The first-order valence-corrected chi connectivity index (χ1v) is 7.61. The molecule has 0 saturated heterocycles. The van der Waals surface area contributed by atoms with Gasteiger partial charge in [-0.2, -0.15) is 0 Å². The molecular weight excluding hydrogens is 282 g/mol. The second-order valence-electron chi connectivity index (χ2n) is 3.83. The van der Waals surface area contributed by atoms with Gasteiger partial charge in [-0.15, -0.1) is 21.5 Å². The minimum Gasteiger partial charge on any atom is -0.309 e. The first-order valence-electron chi connectivity index (χ1n) is 5.74. The fourth-order valence-electron chi connectivity index (χ4n) is 1.67. The van der Waals surface area contributed by atoms with Crippen molar-refractivity contribution >= 4 is 28.1 Å². The Hall–Kier alpha value is -1.67. The maximum atomic E-state index is 11.8. The Morgan fingerprint density at radius 1 is 1.47 bits per heavy atom. The molecule has 3 heterocycles. The molecule has 0 atom stereocenters. The van der Waals surface area contributed by atoms with Crippen molar-refractivity contribution in [2.24, 2.45) is 0 Å². The van der Waals surface area contributed by atoms with Gasteiger partial charge in [-0.05, 0) is 6.92 Å². The smallest absolute Gasteiger partial charge is 0.258 e. The second kappa shape index (κ2) is 5.14. The third-order valence-electron chi connectivity index (χ3n) is 2.63. The Bertz CT molecular complexity index is 760. The molecule has 6 nitrogen and oxygen atoms in total. The number of nitrogens with zero attached hydrogens (tertiary/aromatic N) is 5. The Balaban J connectivity index is 1.84. The SMILES string of the molecule is CCn1cnnc1SCc1cc(=O)n2ccsc2n1. The minimum absolute atomic E-state index is 0.0428. The topological polar surface area (TPSA) is 65.1 Å². The van der Waals surface area contributed by atoms with Crippen LogP contribution in [-0.4, -0.2) is 24.1 Å². The van der Waals surface area contributed by atoms with E-state index in [2.05, 4.69) is 15.2 Å². The second-order valence-corrected chi connectivity index (χ2v) is 5.65. The number of aromatic nitrogens is 5. The van der Waals surface area contributed by atoms with Gasteiger partial charge >= 0.3 is 0 Å². The number of thiazole rings is 1. The fraction of sp³-hybridized carbons (Fsp3) is 0.273. The van der Waals surface area contributed by atoms with Gasteiger partial charge in [-0.3, -0.25) is 9.20 Å². The molecule has 0 saturated carbocycles. The zero-order valence-electron chi connectivity index (χ0n) is 10.2. The van der Waals surface area contributed by atoms with Gasteiger partial charge in [0.05, 0.1) is 5.69 Å². The van der Waals surface area contributed by atoms with E-state index >= 15 is 0 Å². The van der Waals surface area contributed by atoms with Crippen LogP contribution in [0, 0.1) is 0 Å². The van der Waals surface area contributed by atoms with E-state index in [9.17, 15) is 4.79 Å². The van der Waals surface area contributed by atoms with Crippen LogP contribution in [-0.2, 0) is 12.3 Å². The summed E-state index contributed by atoms with van der Waals surface area (Å²) < 4.78 is 3.51. The summed E-state index contributed by atoms with van der Waals surface area (Å²) in [4.78, 5) is 17.0. The largest absolute Gasteiger partial charge is 0.309 e. The normalized spacial score (nSPS) is 11.2. The zero-order valence-corrected chi connectivity index (χ0v) is 11.8. The van der Waals surface area contributed by atoms with Crippen LogP contribution in [0.3, 0.4) is 0 Å². The highest BCUT2D eigenvalue weighted by Crippen LogP contribution is 2.19. The molecular formula is C11H11N5OS2. The molecule has 0 aromatic carbocycles. The molecule has 0 amide bonds. The number of aryl methyl sites for hydroxylation is 1. The lowest BCUT2D eigenvalue weighted by molar-refractivity contribution is 0.681. The van der Waals surface area contributed by atoms with Crippen molar-refractivity contribution in [2.45, 2.75) is 24.4 Å². The summed E-state index contributed by atoms with van der Waals surface area (Å²) in [6.45, 7) is 2.87. The number of thioether (sulfide) groups is 1. The van der Waals surface area contributed by atoms with Crippen molar-refractivity contribution in [2.75, 3.05) is 0 Å². The summed E-state index contributed by atoms with van der Waals surface area (Å²) in [5, 5.41) is 10.6. The first-order chi connectivity index (χ1) is 9.28. The quantitative estimate of drug-likeness (QED) is 0.684. The molecule has 0 aliphatic carbocycles. The average molecular weight is 293 g/mol. The summed E-state index contributed by atoms with van der Waals surface area (Å²) in [7, 11) is 0. The molecule has 0 radical (unpaired) electrons. The fourth-order valence-corrected chi connectivity index (χ4v) is 3.28. The molecule has 3 rings (SSSR count). The average Bonchev–Trinajstić information content (AvgIpc) is 3.04. The molecule has 0 spiro atoms. The zero-order chi connectivity index (χ0) is 13.2. The van der Waals surface area contributed by atoms with E-state index in [0.29, 0.717) is 5.75 Å². The monoisotopic (exact) mass is 293 g/mol. The van der Waals surface area contributed by atoms with Gasteiger partial charge in [0.1, 0.15) is 6.33 Å². The van der Waals surface area contributed by atoms with Crippen LogP contribution >= 0.6 is 23.1 Å². The van der Waals surface area contributed by atoms with E-state index in [1.165, 1.54) is 23.1 Å². The lowest BCUT2D eigenvalue weighted by Gasteiger charge is -2.02. The van der Waals surface area contributed by atoms with Crippen LogP contribution in [0.15, 0.2) is 33.9 Å². The van der Waals surface area contributed by atoms with Crippen molar-refractivity contribution in [3.63, 3.8) is 0 Å². The van der Waals surface area contributed by atoms with Crippen molar-refractivity contribution in [3.05, 3.63) is 40.0 Å². The minimum atomic E-state index is -0.0428. The third-order valence-corrected chi connectivity index (χ3v) is 4.40. The predicted octanol–water partition coefficient (Wildman–Crippen LogP) is 1.66. The van der Waals surface area contributed by atoms with Gasteiger partial charge in [0, 0.05) is 29.9 Å². The molecule has 0 aliphatic rings. The molecule has 98 valence electrons. The lowest BCUT2D eigenvalue weighted by atomic mass is 10.4. The molecule has 0 unspecified atom stereocenters. The van der Waals surface area contributed by atoms with Gasteiger partial charge in [0.25, 0.3) is 5.56 Å². The molecule has 3 aromatic rings. The first kappa shape index (κ1) is 12.4. The Kier molecular flexibility index (Phi) is 3.34. The Morgan fingerprint density at radius 2 is 2.37 bits per heavy atom. The Morgan fingerprint density at radius 3 is 3.21 bits per heavy atom. The molecule has 8 heteroatoms. The van der Waals surface area contributed by atoms with E-state index in [1.807, 2.05) is 16.9 Å². The standard InChI is InChI=1S/C11H11N5OS2/c1-2-15-7-12-14-11(15)19-6-8-5-9(17)16-3-4-18-10(16)13-8/h3-5,7H,2,6H2,1H3. The van der Waals surface area contributed by atoms with Gasteiger partial charge in [0.15, 0.2) is 10.1 Å². The third kappa shape index (κ3) is 2.41. The number of hydrogen-bond donors (Lipinski definition) is 0. The van der Waals surface area contributed by atoms with E-state index in [4.69, 9.17) is 0 Å². The van der Waals surface area contributed by atoms with E-state index < -0.39 is 0 Å². The van der Waals surface area contributed by atoms with Gasteiger partial charge in [-0.25, -0.2) is 4.98 Å². The van der Waals surface area contributed by atoms with E-state index in [1.54, 1.807) is 23.0 Å². The van der Waals surface area contributed by atoms with Crippen molar-refractivity contribution in [3.8, 4) is 0 Å².